The van der Waals surface area contributed by atoms with Gasteiger partial charge in [0.15, 0.2) is 0 Å². The van der Waals surface area contributed by atoms with E-state index in [4.69, 9.17) is 13.9 Å². The van der Waals surface area contributed by atoms with Gasteiger partial charge < -0.3 is 24.1 Å². The maximum absolute atomic E-state index is 13.2. The molecule has 0 radical (unpaired) electrons. The summed E-state index contributed by atoms with van der Waals surface area (Å²) >= 11 is 1.52. The van der Waals surface area contributed by atoms with E-state index in [-0.39, 0.29) is 25.5 Å². The van der Waals surface area contributed by atoms with Crippen molar-refractivity contribution in [3.63, 3.8) is 0 Å². The number of ether oxygens (including phenoxy) is 2. The molecule has 0 bridgehead atoms. The summed E-state index contributed by atoms with van der Waals surface area (Å²) in [5, 5.41) is 22.8. The van der Waals surface area contributed by atoms with E-state index in [0.29, 0.717) is 41.4 Å². The average molecular weight is 566 g/mol. The number of furan rings is 1. The maximum atomic E-state index is 13.2. The maximum Gasteiger partial charge on any atom is 1.00 e. The molecule has 3 aromatic carbocycles. The molecule has 9 heteroatoms. The van der Waals surface area contributed by atoms with Gasteiger partial charge in [-0.15, -0.1) is 0 Å². The van der Waals surface area contributed by atoms with E-state index in [1.165, 1.54) is 11.8 Å². The zero-order chi connectivity index (χ0) is 28.5. The van der Waals surface area contributed by atoms with Crippen LogP contribution >= 0.6 is 11.8 Å². The summed E-state index contributed by atoms with van der Waals surface area (Å²) in [6, 6.07) is 23.5. The SMILES string of the molecule is COc1ccccc1-c1ccc(COCc2ccc(C([O-])=N[C@@H](CCSC)C(=O)O)c(-c3ccccc3C)c2)o1.[Li+]. The predicted molar refractivity (Wildman–Crippen MR) is 157 cm³/mol. The zero-order valence-corrected chi connectivity index (χ0v) is 24.6. The molecule has 0 spiro atoms. The van der Waals surface area contributed by atoms with Crippen LogP contribution in [0.2, 0.25) is 0 Å². The molecular formula is C32H32LiNO6S. The minimum atomic E-state index is -1.10. The number of thioether (sulfide) groups is 1. The van der Waals surface area contributed by atoms with Crippen LogP contribution in [0.4, 0.5) is 0 Å². The van der Waals surface area contributed by atoms with Crippen molar-refractivity contribution < 1.29 is 47.8 Å². The van der Waals surface area contributed by atoms with Gasteiger partial charge in [-0.1, -0.05) is 48.5 Å². The van der Waals surface area contributed by atoms with Crippen LogP contribution in [0.3, 0.4) is 0 Å². The topological polar surface area (TPSA) is 104 Å². The van der Waals surface area contributed by atoms with Gasteiger partial charge in [0, 0.05) is 0 Å². The number of hydrogen-bond acceptors (Lipinski definition) is 7. The van der Waals surface area contributed by atoms with E-state index >= 15 is 0 Å². The number of methoxy groups -OCH3 is 1. The number of carboxylic acid groups (broad SMARTS) is 1. The van der Waals surface area contributed by atoms with Crippen LogP contribution in [0.5, 0.6) is 5.75 Å². The molecule has 4 aromatic rings. The Morgan fingerprint density at radius 3 is 2.44 bits per heavy atom. The first-order chi connectivity index (χ1) is 19.4. The van der Waals surface area contributed by atoms with Crippen molar-refractivity contribution in [2.45, 2.75) is 32.6 Å². The number of hydrogen-bond donors (Lipinski definition) is 1. The molecule has 1 atom stereocenters. The molecule has 0 aliphatic carbocycles. The number of benzene rings is 3. The van der Waals surface area contributed by atoms with Crippen LogP contribution in [0.15, 0.2) is 88.3 Å². The third-order valence-electron chi connectivity index (χ3n) is 6.45. The van der Waals surface area contributed by atoms with Crippen molar-refractivity contribution in [1.29, 1.82) is 0 Å². The molecular weight excluding hydrogens is 533 g/mol. The van der Waals surface area contributed by atoms with E-state index in [1.54, 1.807) is 13.2 Å². The monoisotopic (exact) mass is 565 g/mol. The molecule has 41 heavy (non-hydrogen) atoms. The number of aryl methyl sites for hydroxylation is 1. The second kappa shape index (κ2) is 15.6. The summed E-state index contributed by atoms with van der Waals surface area (Å²) in [7, 11) is 1.63. The standard InChI is InChI=1S/C32H33NO6S.Li/c1-21-8-4-5-9-24(21)27-18-22(12-14-25(27)31(34)33-28(32(35)36)16-17-40-3)19-38-20-23-13-15-30(39-23)26-10-6-7-11-29(26)37-2;/h4-15,18,28H,16-17,19-20H2,1-3H3,(H,33,34)(H,35,36);/q;+1/p-1/t28-;/m0./s1. The molecule has 1 heterocycles. The van der Waals surface area contributed by atoms with Crippen LogP contribution < -0.4 is 28.7 Å². The van der Waals surface area contributed by atoms with Gasteiger partial charge in [0.2, 0.25) is 0 Å². The van der Waals surface area contributed by atoms with Crippen LogP contribution in [0.1, 0.15) is 28.9 Å². The molecule has 0 amide bonds. The van der Waals surface area contributed by atoms with Crippen molar-refractivity contribution in [2.24, 2.45) is 4.99 Å². The Labute approximate surface area is 256 Å². The van der Waals surface area contributed by atoms with Crippen molar-refractivity contribution in [2.75, 3.05) is 19.1 Å². The fourth-order valence-corrected chi connectivity index (χ4v) is 4.83. The molecule has 0 saturated heterocycles. The van der Waals surface area contributed by atoms with Crippen LogP contribution in [-0.4, -0.2) is 42.1 Å². The van der Waals surface area contributed by atoms with E-state index in [1.807, 2.05) is 86.0 Å². The molecule has 1 N–H and O–H groups in total. The van der Waals surface area contributed by atoms with Crippen molar-refractivity contribution in [1.82, 2.24) is 0 Å². The Kier molecular flexibility index (Phi) is 12.2. The molecule has 4 rings (SSSR count). The molecule has 0 aliphatic heterocycles. The smallest absolute Gasteiger partial charge is 0.858 e. The van der Waals surface area contributed by atoms with Crippen LogP contribution in [-0.2, 0) is 22.7 Å². The first-order valence-corrected chi connectivity index (χ1v) is 14.3. The van der Waals surface area contributed by atoms with Gasteiger partial charge in [-0.25, -0.2) is 4.79 Å². The van der Waals surface area contributed by atoms with Gasteiger partial charge in [-0.2, -0.15) is 11.8 Å². The summed E-state index contributed by atoms with van der Waals surface area (Å²) in [5.74, 6) is 1.06. The van der Waals surface area contributed by atoms with Crippen LogP contribution in [0, 0.1) is 6.92 Å². The molecule has 7 nitrogen and oxygen atoms in total. The third kappa shape index (κ3) is 8.31. The van der Waals surface area contributed by atoms with Gasteiger partial charge in [0.25, 0.3) is 0 Å². The van der Waals surface area contributed by atoms with Crippen molar-refractivity contribution >= 4 is 23.6 Å². The average Bonchev–Trinajstić information content (AvgIpc) is 3.44. The fraction of sp³-hybridized carbons (Fsp3) is 0.250. The first-order valence-electron chi connectivity index (χ1n) is 12.9. The van der Waals surface area contributed by atoms with Gasteiger partial charge in [0.1, 0.15) is 29.9 Å². The molecule has 0 saturated carbocycles. The van der Waals surface area contributed by atoms with Gasteiger partial charge >= 0.3 is 24.8 Å². The molecule has 0 unspecified atom stereocenters. The van der Waals surface area contributed by atoms with E-state index in [9.17, 15) is 15.0 Å². The summed E-state index contributed by atoms with van der Waals surface area (Å²) in [4.78, 5) is 15.8. The Bertz CT molecular complexity index is 1480. The predicted octanol–water partition coefficient (Wildman–Crippen LogP) is 2.96. The molecule has 1 aromatic heterocycles. The van der Waals surface area contributed by atoms with E-state index in [0.717, 1.165) is 28.0 Å². The third-order valence-corrected chi connectivity index (χ3v) is 7.09. The minimum Gasteiger partial charge on any atom is -0.858 e. The number of nitrogens with zero attached hydrogens (tertiary/aromatic N) is 1. The summed E-state index contributed by atoms with van der Waals surface area (Å²) in [6.45, 7) is 2.53. The van der Waals surface area contributed by atoms with Crippen LogP contribution in [0.25, 0.3) is 22.5 Å². The quantitative estimate of drug-likeness (QED) is 0.151. The Balaban J connectivity index is 0.00000462. The van der Waals surface area contributed by atoms with E-state index in [2.05, 4.69) is 4.99 Å². The second-order valence-electron chi connectivity index (χ2n) is 9.22. The number of aliphatic imine (C=N–C) groups is 1. The zero-order valence-electron chi connectivity index (χ0n) is 23.8. The summed E-state index contributed by atoms with van der Waals surface area (Å²) in [5.41, 5.74) is 4.66. The van der Waals surface area contributed by atoms with Gasteiger partial charge in [0.05, 0.1) is 19.3 Å². The Morgan fingerprint density at radius 2 is 1.73 bits per heavy atom. The van der Waals surface area contributed by atoms with Crippen molar-refractivity contribution in [3.05, 3.63) is 101 Å². The number of para-hydroxylation sites is 1. The Morgan fingerprint density at radius 1 is 1.00 bits per heavy atom. The number of carbonyl (C=O) groups is 1. The minimum absolute atomic E-state index is 0. The fourth-order valence-electron chi connectivity index (χ4n) is 4.37. The van der Waals surface area contributed by atoms with Crippen molar-refractivity contribution in [3.8, 4) is 28.2 Å². The number of carboxylic acids is 1. The van der Waals surface area contributed by atoms with Gasteiger partial charge in [-0.3, -0.25) is 4.99 Å². The summed E-state index contributed by atoms with van der Waals surface area (Å²) in [6.07, 6.45) is 2.18. The van der Waals surface area contributed by atoms with E-state index < -0.39 is 17.9 Å². The largest absolute Gasteiger partial charge is 1.00 e. The number of aliphatic carboxylic acids is 1. The normalized spacial score (nSPS) is 12.0. The first kappa shape index (κ1) is 32.1. The molecule has 0 aliphatic rings. The van der Waals surface area contributed by atoms with Gasteiger partial charge in [-0.05, 0) is 89.4 Å². The Hall–Kier alpha value is -3.41. The molecule has 208 valence electrons. The second-order valence-corrected chi connectivity index (χ2v) is 10.2. The summed E-state index contributed by atoms with van der Waals surface area (Å²) < 4.78 is 17.4. The number of rotatable bonds is 13. The molecule has 0 fully saturated rings.